The molecule has 2 N–H and O–H groups in total. The van der Waals surface area contributed by atoms with Crippen LogP contribution >= 0.6 is 0 Å². The lowest BCUT2D eigenvalue weighted by atomic mass is 9.84. The molecule has 1 saturated carbocycles. The first kappa shape index (κ1) is 14.8. The number of anilines is 2. The van der Waals surface area contributed by atoms with Crippen LogP contribution in [0.15, 0.2) is 18.2 Å². The van der Waals surface area contributed by atoms with Crippen molar-refractivity contribution in [3.63, 3.8) is 0 Å². The normalized spacial score (nSPS) is 22.4. The summed E-state index contributed by atoms with van der Waals surface area (Å²) in [5.41, 5.74) is 1.11. The summed E-state index contributed by atoms with van der Waals surface area (Å²) < 4.78 is 13.8. The molecular formula is C16H23FN2O. The second-order valence-corrected chi connectivity index (χ2v) is 5.65. The van der Waals surface area contributed by atoms with Gasteiger partial charge in [-0.3, -0.25) is 4.79 Å². The first-order valence-electron chi connectivity index (χ1n) is 7.42. The van der Waals surface area contributed by atoms with Crippen molar-refractivity contribution < 1.29 is 9.18 Å². The first-order chi connectivity index (χ1) is 9.58. The van der Waals surface area contributed by atoms with Crippen LogP contribution in [0.4, 0.5) is 15.8 Å². The van der Waals surface area contributed by atoms with Gasteiger partial charge in [-0.1, -0.05) is 13.3 Å². The predicted molar refractivity (Wildman–Crippen MR) is 80.4 cm³/mol. The highest BCUT2D eigenvalue weighted by Gasteiger charge is 2.20. The fourth-order valence-electron chi connectivity index (χ4n) is 2.85. The summed E-state index contributed by atoms with van der Waals surface area (Å²) in [6.07, 6.45) is 5.83. The van der Waals surface area contributed by atoms with E-state index in [0.717, 1.165) is 18.8 Å². The molecule has 2 rings (SSSR count). The van der Waals surface area contributed by atoms with E-state index in [9.17, 15) is 9.18 Å². The zero-order chi connectivity index (χ0) is 14.5. The Bertz CT molecular complexity index is 468. The van der Waals surface area contributed by atoms with Gasteiger partial charge in [-0.15, -0.1) is 0 Å². The molecule has 1 aromatic carbocycles. The molecule has 0 aliphatic heterocycles. The Morgan fingerprint density at radius 2 is 2.00 bits per heavy atom. The van der Waals surface area contributed by atoms with Crippen molar-refractivity contribution >= 4 is 17.3 Å². The Labute approximate surface area is 120 Å². The Hall–Kier alpha value is -1.58. The number of hydrogen-bond donors (Lipinski definition) is 2. The Balaban J connectivity index is 2.00. The number of amides is 1. The van der Waals surface area contributed by atoms with Gasteiger partial charge in [-0.25, -0.2) is 4.39 Å². The molecule has 0 saturated heterocycles. The highest BCUT2D eigenvalue weighted by atomic mass is 19.1. The molecule has 4 heteroatoms. The van der Waals surface area contributed by atoms with Gasteiger partial charge in [0.15, 0.2) is 0 Å². The van der Waals surface area contributed by atoms with Crippen LogP contribution in [0.2, 0.25) is 0 Å². The van der Waals surface area contributed by atoms with Crippen molar-refractivity contribution in [2.75, 3.05) is 10.6 Å². The van der Waals surface area contributed by atoms with Crippen molar-refractivity contribution in [2.45, 2.75) is 52.0 Å². The third-order valence-electron chi connectivity index (χ3n) is 4.07. The first-order valence-corrected chi connectivity index (χ1v) is 7.42. The number of rotatable bonds is 4. The summed E-state index contributed by atoms with van der Waals surface area (Å²) in [5.74, 6) is 0.409. The highest BCUT2D eigenvalue weighted by molar-refractivity contribution is 5.89. The summed E-state index contributed by atoms with van der Waals surface area (Å²) >= 11 is 0. The van der Waals surface area contributed by atoms with Gasteiger partial charge in [0.25, 0.3) is 0 Å². The Morgan fingerprint density at radius 1 is 1.30 bits per heavy atom. The maximum Gasteiger partial charge on any atom is 0.221 e. The minimum absolute atomic E-state index is 0.147. The van der Waals surface area contributed by atoms with Gasteiger partial charge in [0.05, 0.1) is 5.69 Å². The third kappa shape index (κ3) is 3.95. The molecule has 0 aromatic heterocycles. The van der Waals surface area contributed by atoms with Crippen molar-refractivity contribution in [2.24, 2.45) is 5.92 Å². The molecule has 0 unspecified atom stereocenters. The van der Waals surface area contributed by atoms with E-state index >= 15 is 0 Å². The van der Waals surface area contributed by atoms with Crippen LogP contribution in [0.1, 0.15) is 46.0 Å². The van der Waals surface area contributed by atoms with E-state index in [1.807, 2.05) is 0 Å². The van der Waals surface area contributed by atoms with Gasteiger partial charge in [-0.05, 0) is 49.8 Å². The van der Waals surface area contributed by atoms with E-state index < -0.39 is 0 Å². The number of carbonyl (C=O) groups is 1. The maximum atomic E-state index is 13.8. The minimum Gasteiger partial charge on any atom is -0.380 e. The van der Waals surface area contributed by atoms with Crippen LogP contribution in [0.5, 0.6) is 0 Å². The van der Waals surface area contributed by atoms with Crippen molar-refractivity contribution in [1.82, 2.24) is 0 Å². The third-order valence-corrected chi connectivity index (χ3v) is 4.07. The molecule has 0 bridgehead atoms. The van der Waals surface area contributed by atoms with Crippen LogP contribution in [0, 0.1) is 11.7 Å². The second kappa shape index (κ2) is 6.73. The van der Waals surface area contributed by atoms with E-state index in [1.54, 1.807) is 12.1 Å². The van der Waals surface area contributed by atoms with Crippen LogP contribution < -0.4 is 10.6 Å². The van der Waals surface area contributed by atoms with E-state index in [2.05, 4.69) is 17.6 Å². The summed E-state index contributed by atoms with van der Waals surface area (Å²) in [5, 5.41) is 5.96. The molecule has 1 fully saturated rings. The van der Waals surface area contributed by atoms with E-state index in [1.165, 1.54) is 32.3 Å². The van der Waals surface area contributed by atoms with E-state index in [4.69, 9.17) is 0 Å². The highest BCUT2D eigenvalue weighted by Crippen LogP contribution is 2.29. The topological polar surface area (TPSA) is 41.1 Å². The van der Waals surface area contributed by atoms with Gasteiger partial charge in [0.1, 0.15) is 5.82 Å². The van der Waals surface area contributed by atoms with Crippen LogP contribution in [-0.2, 0) is 4.79 Å². The molecule has 0 atom stereocenters. The second-order valence-electron chi connectivity index (χ2n) is 5.65. The summed E-state index contributed by atoms with van der Waals surface area (Å²) in [6, 6.07) is 4.98. The average molecular weight is 278 g/mol. The van der Waals surface area contributed by atoms with Gasteiger partial charge in [0, 0.05) is 18.7 Å². The zero-order valence-electron chi connectivity index (χ0n) is 12.2. The van der Waals surface area contributed by atoms with E-state index in [0.29, 0.717) is 17.4 Å². The fourth-order valence-corrected chi connectivity index (χ4v) is 2.85. The zero-order valence-corrected chi connectivity index (χ0v) is 12.2. The summed E-state index contributed by atoms with van der Waals surface area (Å²) in [7, 11) is 0. The molecule has 20 heavy (non-hydrogen) atoms. The quantitative estimate of drug-likeness (QED) is 0.868. The molecule has 1 aromatic rings. The largest absolute Gasteiger partial charge is 0.380 e. The number of carbonyl (C=O) groups excluding carboxylic acids is 1. The van der Waals surface area contributed by atoms with Crippen LogP contribution in [0.3, 0.4) is 0 Å². The molecular weight excluding hydrogens is 255 g/mol. The Morgan fingerprint density at radius 3 is 2.60 bits per heavy atom. The lowest BCUT2D eigenvalue weighted by molar-refractivity contribution is -0.114. The molecule has 3 nitrogen and oxygen atoms in total. The lowest BCUT2D eigenvalue weighted by Crippen LogP contribution is -2.26. The summed E-state index contributed by atoms with van der Waals surface area (Å²) in [6.45, 7) is 3.68. The van der Waals surface area contributed by atoms with Crippen molar-refractivity contribution in [3.8, 4) is 0 Å². The summed E-state index contributed by atoms with van der Waals surface area (Å²) in [4.78, 5) is 11.0. The van der Waals surface area contributed by atoms with Crippen LogP contribution in [0.25, 0.3) is 0 Å². The van der Waals surface area contributed by atoms with Gasteiger partial charge < -0.3 is 10.6 Å². The predicted octanol–water partition coefficient (Wildman–Crippen LogP) is 4.16. The average Bonchev–Trinajstić information content (AvgIpc) is 2.43. The molecule has 110 valence electrons. The number of nitrogens with one attached hydrogen (secondary N) is 2. The molecule has 0 radical (unpaired) electrons. The minimum atomic E-state index is -0.267. The van der Waals surface area contributed by atoms with Crippen molar-refractivity contribution in [1.29, 1.82) is 0 Å². The molecule has 1 amide bonds. The van der Waals surface area contributed by atoms with E-state index in [-0.39, 0.29) is 11.7 Å². The van der Waals surface area contributed by atoms with Gasteiger partial charge >= 0.3 is 0 Å². The number of hydrogen-bond acceptors (Lipinski definition) is 2. The molecule has 0 heterocycles. The van der Waals surface area contributed by atoms with Gasteiger partial charge in [-0.2, -0.15) is 0 Å². The smallest absolute Gasteiger partial charge is 0.221 e. The molecule has 1 aliphatic carbocycles. The monoisotopic (exact) mass is 278 g/mol. The lowest BCUT2D eigenvalue weighted by Gasteiger charge is -2.29. The van der Waals surface area contributed by atoms with Gasteiger partial charge in [0.2, 0.25) is 5.91 Å². The van der Waals surface area contributed by atoms with Crippen LogP contribution in [-0.4, -0.2) is 11.9 Å². The maximum absolute atomic E-state index is 13.8. The molecule has 0 spiro atoms. The number of benzene rings is 1. The Kier molecular flexibility index (Phi) is 4.99. The fraction of sp³-hybridized carbons (Fsp3) is 0.562. The standard InChI is InChI=1S/C16H23FN2O/c1-3-12-4-6-13(7-5-12)19-16-10-14(18-11(2)20)8-9-15(16)17/h8-10,12-13,19H,3-7H2,1-2H3,(H,18,20). The number of halogens is 1. The molecule has 1 aliphatic rings. The SMILES string of the molecule is CCC1CCC(Nc2cc(NC(C)=O)ccc2F)CC1. The van der Waals surface area contributed by atoms with Crippen molar-refractivity contribution in [3.05, 3.63) is 24.0 Å².